The summed E-state index contributed by atoms with van der Waals surface area (Å²) in [6, 6.07) is 9.53. The largest absolute Gasteiger partial charge is 0.367 e. The number of aromatic nitrogens is 1. The fraction of sp³-hybridized carbons (Fsp3) is 0.500. The van der Waals surface area contributed by atoms with Crippen LogP contribution < -0.4 is 10.6 Å². The Balaban J connectivity index is 1.34. The molecule has 0 spiro atoms. The molecule has 39 heavy (non-hydrogen) atoms. The van der Waals surface area contributed by atoms with Crippen molar-refractivity contribution in [2.24, 2.45) is 4.99 Å². The number of carbonyl (C=O) groups excluding carboxylic acids is 1. The molecule has 1 aliphatic carbocycles. The highest BCUT2D eigenvalue weighted by molar-refractivity contribution is 6.06. The molecule has 1 aromatic carbocycles. The summed E-state index contributed by atoms with van der Waals surface area (Å²) in [5.74, 6) is -1.14. The van der Waals surface area contributed by atoms with E-state index in [1.165, 1.54) is 0 Å². The van der Waals surface area contributed by atoms with Crippen molar-refractivity contribution in [1.82, 2.24) is 20.1 Å². The molecule has 7 nitrogen and oxygen atoms in total. The number of amides is 1. The monoisotopic (exact) mass is 536 g/mol. The number of benzene rings is 1. The molecule has 0 radical (unpaired) electrons. The van der Waals surface area contributed by atoms with Gasteiger partial charge in [-0.05, 0) is 62.4 Å². The third-order valence-electron chi connectivity index (χ3n) is 7.92. The zero-order chi connectivity index (χ0) is 27.4. The van der Waals surface area contributed by atoms with Crippen LogP contribution in [0.5, 0.6) is 0 Å². The first-order valence-electron chi connectivity index (χ1n) is 14.0. The highest BCUT2D eigenvalue weighted by atomic mass is 19.3. The summed E-state index contributed by atoms with van der Waals surface area (Å²) >= 11 is 0. The number of halogens is 2. The van der Waals surface area contributed by atoms with E-state index in [0.29, 0.717) is 11.6 Å². The zero-order valence-corrected chi connectivity index (χ0v) is 22.6. The Labute approximate surface area is 229 Å². The van der Waals surface area contributed by atoms with Crippen LogP contribution in [-0.2, 0) is 0 Å². The highest BCUT2D eigenvalue weighted by Crippen LogP contribution is 2.30. The van der Waals surface area contributed by atoms with E-state index in [-0.39, 0.29) is 44.4 Å². The van der Waals surface area contributed by atoms with Crippen molar-refractivity contribution in [2.45, 2.75) is 63.5 Å². The molecule has 3 aliphatic rings. The van der Waals surface area contributed by atoms with Crippen LogP contribution in [0.25, 0.3) is 10.9 Å². The fourth-order valence-electron chi connectivity index (χ4n) is 5.34. The van der Waals surface area contributed by atoms with Gasteiger partial charge in [0.15, 0.2) is 0 Å². The number of fused-ring (bicyclic) bond motifs is 1. The second kappa shape index (κ2) is 11.8. The Morgan fingerprint density at radius 2 is 1.92 bits per heavy atom. The summed E-state index contributed by atoms with van der Waals surface area (Å²) in [6.07, 6.45) is 7.72. The van der Waals surface area contributed by atoms with Gasteiger partial charge in [-0.15, -0.1) is 0 Å². The second-order valence-electron chi connectivity index (χ2n) is 10.8. The Bertz CT molecular complexity index is 1260. The Kier molecular flexibility index (Phi) is 8.26. The molecular weight excluding hydrogens is 498 g/mol. The number of rotatable bonds is 9. The number of carbonyl (C=O) groups is 1. The van der Waals surface area contributed by atoms with Crippen LogP contribution in [-0.4, -0.2) is 77.3 Å². The molecule has 1 aromatic heterocycles. The smallest absolute Gasteiger partial charge is 0.252 e. The number of alkyl halides is 2. The summed E-state index contributed by atoms with van der Waals surface area (Å²) in [6.45, 7) is 8.69. The first-order valence-corrected chi connectivity index (χ1v) is 14.0. The van der Waals surface area contributed by atoms with Crippen molar-refractivity contribution in [3.05, 3.63) is 60.3 Å². The molecule has 1 saturated carbocycles. The van der Waals surface area contributed by atoms with Crippen molar-refractivity contribution in [2.75, 3.05) is 38.0 Å². The quantitative estimate of drug-likeness (QED) is 0.261. The lowest BCUT2D eigenvalue weighted by atomic mass is 10.00. The van der Waals surface area contributed by atoms with E-state index in [4.69, 9.17) is 0 Å². The molecule has 2 aliphatic heterocycles. The van der Waals surface area contributed by atoms with Gasteiger partial charge in [-0.3, -0.25) is 9.69 Å². The number of nitrogens with one attached hydrogen (secondary N) is 2. The topological polar surface area (TPSA) is 72.9 Å². The van der Waals surface area contributed by atoms with Crippen LogP contribution in [0.2, 0.25) is 0 Å². The Hall–Kier alpha value is -3.33. The lowest BCUT2D eigenvalue weighted by molar-refractivity contribution is -0.0600. The van der Waals surface area contributed by atoms with Crippen LogP contribution in [0.4, 0.5) is 14.6 Å². The van der Waals surface area contributed by atoms with Crippen LogP contribution >= 0.6 is 0 Å². The standard InChI is InChI=1S/C30H38F2N6O/c1-3-22(19-33-21(2)37-15-4-5-16-37)27(38-17-13-30(31,32)14-18-38)20-34-29(39)25-7-6-8-26-24(25)11-12-28(36-26)35-23-9-10-23/h3,6-8,11-12,19,23,27H,1,4-5,9-10,13-18,20H2,2H3,(H,34,39)(H,35,36)/b22-19+,33-21?. The molecule has 0 bridgehead atoms. The van der Waals surface area contributed by atoms with Gasteiger partial charge in [-0.2, -0.15) is 0 Å². The van der Waals surface area contributed by atoms with Gasteiger partial charge < -0.3 is 15.5 Å². The molecule has 3 fully saturated rings. The number of hydrogen-bond donors (Lipinski definition) is 2. The SMILES string of the molecule is C=C/C(=C\N=C(C)N1CCCC1)C(CNC(=O)c1cccc2nc(NC3CC3)ccc12)N1CCC(F)(F)CC1. The van der Waals surface area contributed by atoms with Crippen molar-refractivity contribution in [3.63, 3.8) is 0 Å². The number of amidine groups is 1. The van der Waals surface area contributed by atoms with E-state index in [0.717, 1.165) is 66.9 Å². The minimum absolute atomic E-state index is 0.204. The zero-order valence-electron chi connectivity index (χ0n) is 22.6. The second-order valence-corrected chi connectivity index (χ2v) is 10.8. The first-order chi connectivity index (χ1) is 18.8. The summed E-state index contributed by atoms with van der Waals surface area (Å²) < 4.78 is 27.9. The normalized spacial score (nSPS) is 21.2. The van der Waals surface area contributed by atoms with Crippen LogP contribution in [0.15, 0.2) is 59.8 Å². The van der Waals surface area contributed by atoms with E-state index in [1.807, 2.05) is 36.1 Å². The van der Waals surface area contributed by atoms with Gasteiger partial charge in [0.05, 0.1) is 11.6 Å². The van der Waals surface area contributed by atoms with Crippen molar-refractivity contribution >= 4 is 28.5 Å². The number of anilines is 1. The molecule has 3 heterocycles. The number of piperidine rings is 1. The van der Waals surface area contributed by atoms with E-state index in [1.54, 1.807) is 18.3 Å². The molecule has 2 aromatic rings. The summed E-state index contributed by atoms with van der Waals surface area (Å²) in [5, 5.41) is 7.23. The summed E-state index contributed by atoms with van der Waals surface area (Å²) in [4.78, 5) is 27.0. The molecule has 1 amide bonds. The van der Waals surface area contributed by atoms with Crippen molar-refractivity contribution in [1.29, 1.82) is 0 Å². The van der Waals surface area contributed by atoms with Gasteiger partial charge in [-0.25, -0.2) is 18.8 Å². The fourth-order valence-corrected chi connectivity index (χ4v) is 5.34. The van der Waals surface area contributed by atoms with E-state index < -0.39 is 5.92 Å². The van der Waals surface area contributed by atoms with Gasteiger partial charge >= 0.3 is 0 Å². The minimum Gasteiger partial charge on any atom is -0.367 e. The molecule has 2 N–H and O–H groups in total. The maximum atomic E-state index is 14.0. The number of likely N-dealkylation sites (tertiary alicyclic amines) is 2. The molecular formula is C30H38F2N6O. The van der Waals surface area contributed by atoms with Gasteiger partial charge in [0.2, 0.25) is 0 Å². The molecule has 208 valence electrons. The average molecular weight is 537 g/mol. The number of pyridine rings is 1. The van der Waals surface area contributed by atoms with Gasteiger partial charge in [0, 0.05) is 68.8 Å². The van der Waals surface area contributed by atoms with Gasteiger partial charge in [0.1, 0.15) is 11.7 Å². The molecule has 2 saturated heterocycles. The number of hydrogen-bond acceptors (Lipinski definition) is 5. The van der Waals surface area contributed by atoms with Crippen LogP contribution in [0.1, 0.15) is 55.8 Å². The van der Waals surface area contributed by atoms with Crippen LogP contribution in [0.3, 0.4) is 0 Å². The third-order valence-corrected chi connectivity index (χ3v) is 7.92. The summed E-state index contributed by atoms with van der Waals surface area (Å²) in [5.41, 5.74) is 2.09. The van der Waals surface area contributed by atoms with Gasteiger partial charge in [0.25, 0.3) is 11.8 Å². The first kappa shape index (κ1) is 27.2. The lowest BCUT2D eigenvalue weighted by Crippen LogP contribution is -2.50. The van der Waals surface area contributed by atoms with Crippen molar-refractivity contribution in [3.8, 4) is 0 Å². The maximum Gasteiger partial charge on any atom is 0.252 e. The third kappa shape index (κ3) is 6.82. The van der Waals surface area contributed by atoms with E-state index in [2.05, 4.69) is 32.1 Å². The number of aliphatic imine (C=N–C) groups is 1. The van der Waals surface area contributed by atoms with Gasteiger partial charge in [-0.1, -0.05) is 18.7 Å². The van der Waals surface area contributed by atoms with E-state index >= 15 is 0 Å². The lowest BCUT2D eigenvalue weighted by Gasteiger charge is -2.38. The van der Waals surface area contributed by atoms with Crippen molar-refractivity contribution < 1.29 is 13.6 Å². The average Bonchev–Trinajstić information content (AvgIpc) is 3.57. The van der Waals surface area contributed by atoms with E-state index in [9.17, 15) is 13.6 Å². The Morgan fingerprint density at radius 1 is 1.18 bits per heavy atom. The van der Waals surface area contributed by atoms with Crippen LogP contribution in [0, 0.1) is 0 Å². The maximum absolute atomic E-state index is 14.0. The molecule has 1 atom stereocenters. The molecule has 1 unspecified atom stereocenters. The molecule has 5 rings (SSSR count). The highest BCUT2D eigenvalue weighted by Gasteiger charge is 2.37. The molecule has 9 heteroatoms. The Morgan fingerprint density at radius 3 is 2.62 bits per heavy atom. The number of nitrogens with zero attached hydrogens (tertiary/aromatic N) is 4. The summed E-state index contributed by atoms with van der Waals surface area (Å²) in [7, 11) is 0. The predicted octanol–water partition coefficient (Wildman–Crippen LogP) is 5.22. The minimum atomic E-state index is -2.66. The predicted molar refractivity (Wildman–Crippen MR) is 152 cm³/mol.